The number of aliphatic hydroxyl groups is 5. The minimum absolute atomic E-state index is 0.0893. The second-order valence-electron chi connectivity index (χ2n) is 9.39. The van der Waals surface area contributed by atoms with Gasteiger partial charge in [0.25, 0.3) is 0 Å². The summed E-state index contributed by atoms with van der Waals surface area (Å²) >= 11 is 0. The Morgan fingerprint density at radius 3 is 2.06 bits per heavy atom. The zero-order valence-electron chi connectivity index (χ0n) is 18.8. The molecule has 0 aromatic rings. The van der Waals surface area contributed by atoms with E-state index in [2.05, 4.69) is 5.32 Å². The number of hydrogen-bond donors (Lipinski definition) is 10. The Morgan fingerprint density at radius 2 is 1.52 bits per heavy atom. The lowest BCUT2D eigenvalue weighted by Gasteiger charge is -2.49. The molecule has 14 heteroatoms. The molecule has 14 nitrogen and oxygen atoms in total. The number of likely N-dealkylation sites (N-methyl/N-ethyl adjacent to an activating group) is 1. The zero-order valence-corrected chi connectivity index (χ0v) is 18.8. The summed E-state index contributed by atoms with van der Waals surface area (Å²) in [5, 5.41) is 55.2. The van der Waals surface area contributed by atoms with E-state index in [4.69, 9.17) is 41.9 Å². The van der Waals surface area contributed by atoms with Crippen LogP contribution in [0.15, 0.2) is 0 Å². The van der Waals surface area contributed by atoms with Gasteiger partial charge in [0.15, 0.2) is 12.6 Å². The molecule has 0 aromatic carbocycles. The van der Waals surface area contributed by atoms with Gasteiger partial charge in [0.2, 0.25) is 0 Å². The van der Waals surface area contributed by atoms with Crippen LogP contribution >= 0.6 is 0 Å². The molecule has 3 fully saturated rings. The van der Waals surface area contributed by atoms with E-state index in [0.29, 0.717) is 0 Å². The van der Waals surface area contributed by atoms with Crippen molar-refractivity contribution < 1.29 is 44.5 Å². The summed E-state index contributed by atoms with van der Waals surface area (Å²) in [5.41, 5.74) is 22.6. The van der Waals surface area contributed by atoms with Crippen LogP contribution in [0.1, 0.15) is 13.3 Å². The van der Waals surface area contributed by atoms with Crippen molar-refractivity contribution in [2.24, 2.45) is 22.9 Å². The predicted molar refractivity (Wildman–Crippen MR) is 113 cm³/mol. The highest BCUT2D eigenvalue weighted by Gasteiger charge is 2.51. The highest BCUT2D eigenvalue weighted by molar-refractivity contribution is 5.02. The highest BCUT2D eigenvalue weighted by Crippen LogP contribution is 2.31. The topological polar surface area (TPSA) is 254 Å². The smallest absolute Gasteiger partial charge is 0.185 e. The third-order valence-electron chi connectivity index (χ3n) is 6.77. The second-order valence-corrected chi connectivity index (χ2v) is 9.39. The fourth-order valence-corrected chi connectivity index (χ4v) is 4.78. The maximum atomic E-state index is 11.0. The molecule has 2 saturated heterocycles. The lowest BCUT2D eigenvalue weighted by Crippen LogP contribution is -2.69. The first kappa shape index (κ1) is 27.0. The van der Waals surface area contributed by atoms with Crippen LogP contribution in [0, 0.1) is 0 Å². The Bertz CT molecular complexity index is 647. The number of nitrogens with one attached hydrogen (secondary N) is 1. The van der Waals surface area contributed by atoms with Crippen LogP contribution in [0.25, 0.3) is 0 Å². The van der Waals surface area contributed by atoms with E-state index in [-0.39, 0.29) is 19.6 Å². The van der Waals surface area contributed by atoms with Gasteiger partial charge < -0.3 is 72.7 Å². The minimum Gasteiger partial charge on any atom is -0.388 e. The van der Waals surface area contributed by atoms with E-state index in [9.17, 15) is 25.5 Å². The first-order valence-electron chi connectivity index (χ1n) is 11.1. The normalized spacial score (nSPS) is 53.7. The van der Waals surface area contributed by atoms with Crippen LogP contribution in [0.3, 0.4) is 0 Å². The highest BCUT2D eigenvalue weighted by atomic mass is 16.7. The first-order chi connectivity index (χ1) is 15.4. The van der Waals surface area contributed by atoms with Gasteiger partial charge in [0.05, 0.1) is 18.7 Å². The molecule has 14 atom stereocenters. The third-order valence-corrected chi connectivity index (χ3v) is 6.77. The lowest BCUT2D eigenvalue weighted by atomic mass is 9.84. The molecule has 2 aliphatic heterocycles. The second kappa shape index (κ2) is 10.6. The van der Waals surface area contributed by atoms with Gasteiger partial charge in [-0.3, -0.25) is 0 Å². The monoisotopic (exact) mass is 481 g/mol. The van der Waals surface area contributed by atoms with Crippen molar-refractivity contribution in [3.63, 3.8) is 0 Å². The van der Waals surface area contributed by atoms with Crippen molar-refractivity contribution in [2.75, 3.05) is 20.2 Å². The largest absolute Gasteiger partial charge is 0.388 e. The van der Waals surface area contributed by atoms with Gasteiger partial charge in [-0.1, -0.05) is 0 Å². The van der Waals surface area contributed by atoms with E-state index in [0.717, 1.165) is 0 Å². The van der Waals surface area contributed by atoms with Crippen LogP contribution < -0.4 is 28.3 Å². The van der Waals surface area contributed by atoms with Gasteiger partial charge in [0.1, 0.15) is 48.3 Å². The number of rotatable bonds is 6. The Hall–Kier alpha value is -0.560. The van der Waals surface area contributed by atoms with Gasteiger partial charge in [-0.05, 0) is 20.4 Å². The summed E-state index contributed by atoms with van der Waals surface area (Å²) in [6.45, 7) is 1.31. The fraction of sp³-hybridized carbons (Fsp3) is 1.00. The molecule has 0 spiro atoms. The van der Waals surface area contributed by atoms with Gasteiger partial charge in [-0.25, -0.2) is 0 Å². The molecule has 0 bridgehead atoms. The van der Waals surface area contributed by atoms with Gasteiger partial charge >= 0.3 is 0 Å². The molecule has 1 aliphatic carbocycles. The van der Waals surface area contributed by atoms with Crippen molar-refractivity contribution >= 4 is 0 Å². The average molecular weight is 482 g/mol. The van der Waals surface area contributed by atoms with Crippen LogP contribution in [-0.4, -0.2) is 131 Å². The molecule has 194 valence electrons. The summed E-state index contributed by atoms with van der Waals surface area (Å²) in [4.78, 5) is 0. The molecule has 2 heterocycles. The average Bonchev–Trinajstić information content (AvgIpc) is 2.75. The zero-order chi connectivity index (χ0) is 24.7. The van der Waals surface area contributed by atoms with Crippen molar-refractivity contribution in [1.29, 1.82) is 0 Å². The predicted octanol–water partition coefficient (Wildman–Crippen LogP) is -6.04. The molecule has 3 rings (SSSR count). The maximum Gasteiger partial charge on any atom is 0.185 e. The van der Waals surface area contributed by atoms with Crippen LogP contribution in [-0.2, 0) is 18.9 Å². The standard InChI is InChI=1S/C19H39N5O9/c1-19(29)5-30-18(13(28)16(19)24-2)33-15-7(22)3-6(21)14(12(15)27)32-17-9(23)11(26)10(25)8(4-20)31-17/h6-18,24-29H,3-5,20-23H2,1-2H3/t6-,7+,8+,9+,10+,11+,12-,13+,14+,15-,16+,17-,18+,19-/m0/s1. The SMILES string of the molecule is CN[C@@H]1[C@@H](O)[C@@H](O[C@@H]2[C@@H](O)[C@H](O[C@@H]3O[C@H](CN)[C@@H](O)[C@H](O)[C@H]3N)[C@@H](N)C[C@H]2N)OC[C@]1(C)O. The molecule has 3 aliphatic rings. The Labute approximate surface area is 192 Å². The summed E-state index contributed by atoms with van der Waals surface area (Å²) in [6, 6.07) is -3.32. The quantitative estimate of drug-likeness (QED) is 0.169. The van der Waals surface area contributed by atoms with Gasteiger partial charge in [-0.2, -0.15) is 0 Å². The summed E-state index contributed by atoms with van der Waals surface area (Å²) < 4.78 is 22.8. The summed E-state index contributed by atoms with van der Waals surface area (Å²) in [5.74, 6) is 0. The fourth-order valence-electron chi connectivity index (χ4n) is 4.78. The molecule has 0 unspecified atom stereocenters. The van der Waals surface area contributed by atoms with E-state index in [1.54, 1.807) is 7.05 Å². The van der Waals surface area contributed by atoms with E-state index >= 15 is 0 Å². The lowest BCUT2D eigenvalue weighted by molar-refractivity contribution is -0.314. The molecule has 33 heavy (non-hydrogen) atoms. The number of hydrogen-bond acceptors (Lipinski definition) is 14. The van der Waals surface area contributed by atoms with E-state index < -0.39 is 85.1 Å². The van der Waals surface area contributed by atoms with Gasteiger partial charge in [0, 0.05) is 18.6 Å². The molecule has 0 amide bonds. The van der Waals surface area contributed by atoms with E-state index in [1.165, 1.54) is 6.92 Å². The Morgan fingerprint density at radius 1 is 0.939 bits per heavy atom. The van der Waals surface area contributed by atoms with Crippen LogP contribution in [0.5, 0.6) is 0 Å². The number of nitrogens with two attached hydrogens (primary N) is 4. The molecule has 14 N–H and O–H groups in total. The Kier molecular flexibility index (Phi) is 8.68. The third kappa shape index (κ3) is 5.34. The minimum atomic E-state index is -1.37. The Balaban J connectivity index is 1.71. The molecule has 1 saturated carbocycles. The molecular formula is C19H39N5O9. The van der Waals surface area contributed by atoms with Crippen LogP contribution in [0.2, 0.25) is 0 Å². The van der Waals surface area contributed by atoms with Crippen molar-refractivity contribution in [3.05, 3.63) is 0 Å². The summed E-state index contributed by atoms with van der Waals surface area (Å²) in [7, 11) is 1.59. The number of ether oxygens (including phenoxy) is 4. The van der Waals surface area contributed by atoms with Crippen molar-refractivity contribution in [1.82, 2.24) is 5.32 Å². The maximum absolute atomic E-state index is 11.0. The molecule has 0 radical (unpaired) electrons. The van der Waals surface area contributed by atoms with Crippen molar-refractivity contribution in [3.8, 4) is 0 Å². The summed E-state index contributed by atoms with van der Waals surface area (Å²) in [6.07, 6.45) is -10.5. The van der Waals surface area contributed by atoms with Gasteiger partial charge in [-0.15, -0.1) is 0 Å². The molecular weight excluding hydrogens is 442 g/mol. The van der Waals surface area contributed by atoms with Crippen molar-refractivity contribution in [2.45, 2.75) is 98.4 Å². The van der Waals surface area contributed by atoms with Crippen LogP contribution in [0.4, 0.5) is 0 Å². The molecule has 0 aromatic heterocycles. The number of aliphatic hydroxyl groups excluding tert-OH is 4. The first-order valence-corrected chi connectivity index (χ1v) is 11.1. The van der Waals surface area contributed by atoms with E-state index in [1.807, 2.05) is 0 Å².